The monoisotopic (exact) mass is 374 g/mol. The molecular formula is C20H24F2N4O. The van der Waals surface area contributed by atoms with E-state index in [1.54, 1.807) is 30.6 Å². The molecule has 0 aliphatic carbocycles. The van der Waals surface area contributed by atoms with E-state index in [1.165, 1.54) is 0 Å². The summed E-state index contributed by atoms with van der Waals surface area (Å²) in [7, 11) is 0. The van der Waals surface area contributed by atoms with E-state index in [1.807, 2.05) is 0 Å². The standard InChI is InChI=1S/C20H24F2N4O/c21-17-4-1-3-15(18(17)22)14-26-10-6-20(7-11-26)13-16(5-12-27-20)25-19-23-8-2-9-24-19/h1-4,8-9,16H,5-7,10-14H2,(H,23,24,25)/t16-/m1/s1. The van der Waals surface area contributed by atoms with Crippen LogP contribution in [0.1, 0.15) is 31.2 Å². The number of aromatic nitrogens is 2. The van der Waals surface area contributed by atoms with Crippen molar-refractivity contribution in [1.82, 2.24) is 14.9 Å². The highest BCUT2D eigenvalue weighted by Gasteiger charge is 2.40. The van der Waals surface area contributed by atoms with E-state index in [-0.39, 0.29) is 11.6 Å². The van der Waals surface area contributed by atoms with E-state index in [4.69, 9.17) is 4.74 Å². The van der Waals surface area contributed by atoms with Gasteiger partial charge in [0.1, 0.15) is 0 Å². The third-order valence-corrected chi connectivity index (χ3v) is 5.58. The van der Waals surface area contributed by atoms with Gasteiger partial charge in [0.25, 0.3) is 0 Å². The van der Waals surface area contributed by atoms with Crippen LogP contribution in [0.2, 0.25) is 0 Å². The first-order chi connectivity index (χ1) is 13.1. The van der Waals surface area contributed by atoms with Gasteiger partial charge >= 0.3 is 0 Å². The van der Waals surface area contributed by atoms with Crippen LogP contribution in [-0.2, 0) is 11.3 Å². The average Bonchev–Trinajstić information content (AvgIpc) is 2.68. The van der Waals surface area contributed by atoms with Gasteiger partial charge < -0.3 is 10.1 Å². The number of ether oxygens (including phenoxy) is 1. The van der Waals surface area contributed by atoms with Gasteiger partial charge in [-0.05, 0) is 37.8 Å². The highest BCUT2D eigenvalue weighted by atomic mass is 19.2. The number of halogens is 2. The smallest absolute Gasteiger partial charge is 0.222 e. The van der Waals surface area contributed by atoms with Crippen molar-refractivity contribution in [2.24, 2.45) is 0 Å². The van der Waals surface area contributed by atoms with E-state index in [2.05, 4.69) is 20.2 Å². The molecule has 0 amide bonds. The maximum atomic E-state index is 13.9. The molecule has 4 rings (SSSR count). The van der Waals surface area contributed by atoms with Gasteiger partial charge in [0, 0.05) is 50.2 Å². The van der Waals surface area contributed by atoms with Gasteiger partial charge in [0.05, 0.1) is 5.60 Å². The van der Waals surface area contributed by atoms with Crippen molar-refractivity contribution in [1.29, 1.82) is 0 Å². The van der Waals surface area contributed by atoms with E-state index >= 15 is 0 Å². The molecular weight excluding hydrogens is 350 g/mol. The third kappa shape index (κ3) is 4.25. The predicted molar refractivity (Wildman–Crippen MR) is 98.2 cm³/mol. The number of anilines is 1. The van der Waals surface area contributed by atoms with Gasteiger partial charge in [-0.3, -0.25) is 4.90 Å². The normalized spacial score (nSPS) is 22.7. The Morgan fingerprint density at radius 3 is 2.70 bits per heavy atom. The Balaban J connectivity index is 1.34. The summed E-state index contributed by atoms with van der Waals surface area (Å²) in [6.45, 7) is 2.76. The lowest BCUT2D eigenvalue weighted by Gasteiger charge is -2.46. The van der Waals surface area contributed by atoms with Crippen molar-refractivity contribution in [2.75, 3.05) is 25.0 Å². The van der Waals surface area contributed by atoms with Gasteiger partial charge in [0.2, 0.25) is 5.95 Å². The zero-order chi connectivity index (χ0) is 18.7. The first kappa shape index (κ1) is 18.3. The zero-order valence-corrected chi connectivity index (χ0v) is 15.2. The molecule has 27 heavy (non-hydrogen) atoms. The van der Waals surface area contributed by atoms with E-state index in [9.17, 15) is 8.78 Å². The van der Waals surface area contributed by atoms with Crippen LogP contribution in [0, 0.1) is 11.6 Å². The van der Waals surface area contributed by atoms with E-state index in [0.717, 1.165) is 44.8 Å². The van der Waals surface area contributed by atoms with Crippen molar-refractivity contribution >= 4 is 5.95 Å². The molecule has 2 aromatic rings. The molecule has 0 radical (unpaired) electrons. The van der Waals surface area contributed by atoms with Gasteiger partial charge in [0.15, 0.2) is 11.6 Å². The highest BCUT2D eigenvalue weighted by molar-refractivity contribution is 5.25. The molecule has 2 aliphatic heterocycles. The number of benzene rings is 1. The Bertz CT molecular complexity index is 766. The van der Waals surface area contributed by atoms with Crippen LogP contribution in [0.3, 0.4) is 0 Å². The van der Waals surface area contributed by atoms with Crippen LogP contribution in [0.15, 0.2) is 36.7 Å². The van der Waals surface area contributed by atoms with Crippen molar-refractivity contribution < 1.29 is 13.5 Å². The van der Waals surface area contributed by atoms with E-state index < -0.39 is 11.6 Å². The molecule has 2 fully saturated rings. The number of hydrogen-bond donors (Lipinski definition) is 1. The van der Waals surface area contributed by atoms with Crippen LogP contribution in [0.25, 0.3) is 0 Å². The van der Waals surface area contributed by atoms with Crippen LogP contribution in [0.5, 0.6) is 0 Å². The second kappa shape index (κ2) is 7.86. The Morgan fingerprint density at radius 2 is 1.93 bits per heavy atom. The number of piperidine rings is 1. The maximum absolute atomic E-state index is 13.9. The molecule has 5 nitrogen and oxygen atoms in total. The predicted octanol–water partition coefficient (Wildman–Crippen LogP) is 3.38. The van der Waals surface area contributed by atoms with Crippen LogP contribution in [-0.4, -0.2) is 46.2 Å². The van der Waals surface area contributed by atoms with E-state index in [0.29, 0.717) is 24.7 Å². The summed E-state index contributed by atoms with van der Waals surface area (Å²) in [4.78, 5) is 10.7. The average molecular weight is 374 g/mol. The number of nitrogens with one attached hydrogen (secondary N) is 1. The summed E-state index contributed by atoms with van der Waals surface area (Å²) in [5.74, 6) is -0.869. The summed E-state index contributed by atoms with van der Waals surface area (Å²) in [5, 5.41) is 3.41. The quantitative estimate of drug-likeness (QED) is 0.889. The Morgan fingerprint density at radius 1 is 1.15 bits per heavy atom. The summed E-state index contributed by atoms with van der Waals surface area (Å²) in [5.41, 5.74) is 0.262. The van der Waals surface area contributed by atoms with Crippen molar-refractivity contribution in [2.45, 2.75) is 43.9 Å². The minimum Gasteiger partial charge on any atom is -0.375 e. The second-order valence-electron chi connectivity index (χ2n) is 7.43. The van der Waals surface area contributed by atoms with Crippen molar-refractivity contribution in [3.63, 3.8) is 0 Å². The Labute approximate surface area is 157 Å². The summed E-state index contributed by atoms with van der Waals surface area (Å²) >= 11 is 0. The molecule has 2 saturated heterocycles. The summed E-state index contributed by atoms with van der Waals surface area (Å²) < 4.78 is 33.5. The summed E-state index contributed by atoms with van der Waals surface area (Å²) in [6.07, 6.45) is 7.07. The van der Waals surface area contributed by atoms with Gasteiger partial charge in [-0.1, -0.05) is 12.1 Å². The fourth-order valence-electron chi connectivity index (χ4n) is 4.09. The Hall–Kier alpha value is -2.12. The number of rotatable bonds is 4. The van der Waals surface area contributed by atoms with Crippen LogP contribution >= 0.6 is 0 Å². The second-order valence-corrected chi connectivity index (χ2v) is 7.43. The lowest BCUT2D eigenvalue weighted by molar-refractivity contribution is -0.115. The van der Waals surface area contributed by atoms with Gasteiger partial charge in [-0.15, -0.1) is 0 Å². The van der Waals surface area contributed by atoms with Crippen molar-refractivity contribution in [3.8, 4) is 0 Å². The topological polar surface area (TPSA) is 50.3 Å². The molecule has 2 aliphatic rings. The van der Waals surface area contributed by atoms with Gasteiger partial charge in [-0.2, -0.15) is 0 Å². The highest BCUT2D eigenvalue weighted by Crippen LogP contribution is 2.36. The fraction of sp³-hybridized carbons (Fsp3) is 0.500. The maximum Gasteiger partial charge on any atom is 0.222 e. The first-order valence-electron chi connectivity index (χ1n) is 9.46. The zero-order valence-electron chi connectivity index (χ0n) is 15.2. The number of nitrogens with zero attached hydrogens (tertiary/aromatic N) is 3. The molecule has 1 spiro atoms. The molecule has 0 saturated carbocycles. The SMILES string of the molecule is Fc1cccc(CN2CCC3(CC2)C[C@H](Nc2ncccn2)CCO3)c1F. The Kier molecular flexibility index (Phi) is 5.31. The molecule has 0 unspecified atom stereocenters. The molecule has 1 N–H and O–H groups in total. The fourth-order valence-corrected chi connectivity index (χ4v) is 4.09. The molecule has 1 aromatic heterocycles. The molecule has 144 valence electrons. The number of likely N-dealkylation sites (tertiary alicyclic amines) is 1. The minimum absolute atomic E-state index is 0.151. The third-order valence-electron chi connectivity index (χ3n) is 5.58. The lowest BCUT2D eigenvalue weighted by Crippen LogP contribution is -2.51. The van der Waals surface area contributed by atoms with Crippen LogP contribution in [0.4, 0.5) is 14.7 Å². The van der Waals surface area contributed by atoms with Crippen molar-refractivity contribution in [3.05, 3.63) is 53.9 Å². The number of hydrogen-bond acceptors (Lipinski definition) is 5. The van der Waals surface area contributed by atoms with Gasteiger partial charge in [-0.25, -0.2) is 18.7 Å². The molecule has 3 heterocycles. The lowest BCUT2D eigenvalue weighted by atomic mass is 9.82. The summed E-state index contributed by atoms with van der Waals surface area (Å²) in [6, 6.07) is 6.45. The minimum atomic E-state index is -0.784. The molecule has 7 heteroatoms. The molecule has 0 bridgehead atoms. The molecule has 1 atom stereocenters. The first-order valence-corrected chi connectivity index (χ1v) is 9.46. The largest absolute Gasteiger partial charge is 0.375 e. The van der Waals surface area contributed by atoms with Crippen LogP contribution < -0.4 is 5.32 Å². The molecule has 1 aromatic carbocycles.